The molecule has 90 valence electrons. The lowest BCUT2D eigenvalue weighted by Gasteiger charge is -2.31. The van der Waals surface area contributed by atoms with E-state index in [4.69, 9.17) is 0 Å². The number of nitrogens with one attached hydrogen (secondary N) is 1. The molecule has 2 unspecified atom stereocenters. The number of nitrogens with zero attached hydrogens (tertiary/aromatic N) is 1. The van der Waals surface area contributed by atoms with Crippen LogP contribution < -0.4 is 5.32 Å². The van der Waals surface area contributed by atoms with Crippen molar-refractivity contribution >= 4 is 5.84 Å². The van der Waals surface area contributed by atoms with E-state index in [1.807, 2.05) is 0 Å². The van der Waals surface area contributed by atoms with Crippen molar-refractivity contribution in [1.82, 2.24) is 5.32 Å². The number of amidine groups is 1. The first-order valence-corrected chi connectivity index (χ1v) is 6.69. The van der Waals surface area contributed by atoms with Crippen LogP contribution >= 0.6 is 0 Å². The van der Waals surface area contributed by atoms with Gasteiger partial charge < -0.3 is 5.32 Å². The van der Waals surface area contributed by atoms with Gasteiger partial charge in [0, 0.05) is 13.0 Å². The Hall–Kier alpha value is -1.31. The Morgan fingerprint density at radius 2 is 2.24 bits per heavy atom. The predicted molar refractivity (Wildman–Crippen MR) is 71.6 cm³/mol. The summed E-state index contributed by atoms with van der Waals surface area (Å²) in [7, 11) is 0. The van der Waals surface area contributed by atoms with Crippen molar-refractivity contribution in [3.8, 4) is 0 Å². The molecule has 2 atom stereocenters. The topological polar surface area (TPSA) is 24.4 Å². The number of rotatable bonds is 2. The molecule has 2 nitrogen and oxygen atoms in total. The van der Waals surface area contributed by atoms with Crippen LogP contribution in [0.3, 0.4) is 0 Å². The lowest BCUT2D eigenvalue weighted by molar-refractivity contribution is 0.402. The molecule has 1 aromatic rings. The van der Waals surface area contributed by atoms with Gasteiger partial charge in [0.05, 0.1) is 12.4 Å². The minimum atomic E-state index is 0.671. The predicted octanol–water partition coefficient (Wildman–Crippen LogP) is 2.74. The van der Waals surface area contributed by atoms with Crippen molar-refractivity contribution in [2.75, 3.05) is 13.1 Å². The lowest BCUT2D eigenvalue weighted by atomic mass is 9.74. The molecule has 0 bridgehead atoms. The maximum atomic E-state index is 4.53. The Morgan fingerprint density at radius 3 is 3.06 bits per heavy atom. The molecule has 0 radical (unpaired) electrons. The summed E-state index contributed by atoms with van der Waals surface area (Å²) in [6, 6.07) is 8.92. The highest BCUT2D eigenvalue weighted by Crippen LogP contribution is 2.37. The third-order valence-corrected chi connectivity index (χ3v) is 4.24. The molecule has 2 heteroatoms. The molecular formula is C15H20N2. The molecule has 0 saturated carbocycles. The van der Waals surface area contributed by atoms with Crippen molar-refractivity contribution in [1.29, 1.82) is 0 Å². The van der Waals surface area contributed by atoms with Gasteiger partial charge in [-0.2, -0.15) is 0 Å². The molecule has 0 amide bonds. The molecular weight excluding hydrogens is 208 g/mol. The van der Waals surface area contributed by atoms with E-state index < -0.39 is 0 Å². The van der Waals surface area contributed by atoms with Gasteiger partial charge in [0.1, 0.15) is 0 Å². The van der Waals surface area contributed by atoms with Crippen molar-refractivity contribution in [2.45, 2.75) is 32.1 Å². The Kier molecular flexibility index (Phi) is 2.87. The molecule has 1 heterocycles. The average molecular weight is 228 g/mol. The van der Waals surface area contributed by atoms with E-state index in [1.165, 1.54) is 18.7 Å². The van der Waals surface area contributed by atoms with E-state index in [1.54, 1.807) is 11.1 Å². The first-order valence-electron chi connectivity index (χ1n) is 6.69. The van der Waals surface area contributed by atoms with E-state index >= 15 is 0 Å². The van der Waals surface area contributed by atoms with Crippen LogP contribution in [0, 0.1) is 5.92 Å². The average Bonchev–Trinajstić information content (AvgIpc) is 2.86. The second kappa shape index (κ2) is 4.52. The van der Waals surface area contributed by atoms with Gasteiger partial charge in [0.25, 0.3) is 0 Å². The van der Waals surface area contributed by atoms with E-state index in [0.717, 1.165) is 25.4 Å². The number of hydrogen-bond donors (Lipinski definition) is 1. The molecule has 0 saturated heterocycles. The number of aryl methyl sites for hydroxylation is 1. The van der Waals surface area contributed by atoms with Crippen molar-refractivity contribution in [3.05, 3.63) is 35.4 Å². The van der Waals surface area contributed by atoms with Crippen LogP contribution in [0.2, 0.25) is 0 Å². The standard InChI is InChI=1S/C15H20N2/c1-11-13(10-15-16-8-9-17-15)7-6-12-4-2-3-5-14(11)12/h2-5,11,13H,6-10H2,1H3,(H,16,17). The Labute approximate surface area is 103 Å². The van der Waals surface area contributed by atoms with Gasteiger partial charge in [-0.1, -0.05) is 31.2 Å². The van der Waals surface area contributed by atoms with Gasteiger partial charge in [0.15, 0.2) is 0 Å². The molecule has 3 rings (SSSR count). The van der Waals surface area contributed by atoms with Crippen LogP contribution in [0.5, 0.6) is 0 Å². The number of benzene rings is 1. The fourth-order valence-corrected chi connectivity index (χ4v) is 3.16. The molecule has 1 aliphatic heterocycles. The van der Waals surface area contributed by atoms with Crippen LogP contribution in [-0.4, -0.2) is 18.9 Å². The maximum absolute atomic E-state index is 4.53. The third kappa shape index (κ3) is 2.08. The van der Waals surface area contributed by atoms with Gasteiger partial charge in [-0.15, -0.1) is 0 Å². The van der Waals surface area contributed by atoms with Crippen LogP contribution in [0.25, 0.3) is 0 Å². The molecule has 1 aliphatic carbocycles. The zero-order chi connectivity index (χ0) is 11.7. The minimum absolute atomic E-state index is 0.671. The van der Waals surface area contributed by atoms with Crippen LogP contribution in [0.15, 0.2) is 29.3 Å². The lowest BCUT2D eigenvalue weighted by Crippen LogP contribution is -2.26. The zero-order valence-electron chi connectivity index (χ0n) is 10.4. The SMILES string of the molecule is CC1c2ccccc2CCC1CC1=NCCN1. The molecule has 17 heavy (non-hydrogen) atoms. The largest absolute Gasteiger partial charge is 0.372 e. The smallest absolute Gasteiger partial charge is 0.0967 e. The van der Waals surface area contributed by atoms with Crippen LogP contribution in [0.1, 0.15) is 36.8 Å². The fourth-order valence-electron chi connectivity index (χ4n) is 3.16. The number of hydrogen-bond acceptors (Lipinski definition) is 2. The van der Waals surface area contributed by atoms with E-state index in [2.05, 4.69) is 41.5 Å². The highest BCUT2D eigenvalue weighted by Gasteiger charge is 2.27. The fraction of sp³-hybridized carbons (Fsp3) is 0.533. The van der Waals surface area contributed by atoms with Gasteiger partial charge in [-0.3, -0.25) is 4.99 Å². The monoisotopic (exact) mass is 228 g/mol. The minimum Gasteiger partial charge on any atom is -0.372 e. The summed E-state index contributed by atoms with van der Waals surface area (Å²) in [5, 5.41) is 3.40. The van der Waals surface area contributed by atoms with Crippen LogP contribution in [-0.2, 0) is 6.42 Å². The first kappa shape index (κ1) is 10.8. The summed E-state index contributed by atoms with van der Waals surface area (Å²) < 4.78 is 0. The summed E-state index contributed by atoms with van der Waals surface area (Å²) in [6.07, 6.45) is 3.67. The van der Waals surface area contributed by atoms with Gasteiger partial charge in [0.2, 0.25) is 0 Å². The van der Waals surface area contributed by atoms with E-state index in [-0.39, 0.29) is 0 Å². The number of fused-ring (bicyclic) bond motifs is 1. The van der Waals surface area contributed by atoms with Crippen molar-refractivity contribution in [3.63, 3.8) is 0 Å². The summed E-state index contributed by atoms with van der Waals surface area (Å²) in [6.45, 7) is 4.37. The normalized spacial score (nSPS) is 27.2. The summed E-state index contributed by atoms with van der Waals surface area (Å²) in [5.41, 5.74) is 3.11. The van der Waals surface area contributed by atoms with E-state index in [9.17, 15) is 0 Å². The molecule has 1 N–H and O–H groups in total. The summed E-state index contributed by atoms with van der Waals surface area (Å²) >= 11 is 0. The maximum Gasteiger partial charge on any atom is 0.0967 e. The van der Waals surface area contributed by atoms with Gasteiger partial charge >= 0.3 is 0 Å². The highest BCUT2D eigenvalue weighted by molar-refractivity contribution is 5.83. The van der Waals surface area contributed by atoms with Crippen molar-refractivity contribution < 1.29 is 0 Å². The second-order valence-electron chi connectivity index (χ2n) is 5.25. The van der Waals surface area contributed by atoms with Gasteiger partial charge in [-0.05, 0) is 35.8 Å². The molecule has 2 aliphatic rings. The quantitative estimate of drug-likeness (QED) is 0.827. The first-order chi connectivity index (χ1) is 8.34. The molecule has 0 spiro atoms. The summed E-state index contributed by atoms with van der Waals surface area (Å²) in [5.74, 6) is 2.67. The molecule has 0 aromatic heterocycles. The molecule has 0 fully saturated rings. The van der Waals surface area contributed by atoms with Crippen LogP contribution in [0.4, 0.5) is 0 Å². The van der Waals surface area contributed by atoms with Gasteiger partial charge in [-0.25, -0.2) is 0 Å². The zero-order valence-corrected chi connectivity index (χ0v) is 10.4. The Morgan fingerprint density at radius 1 is 1.35 bits per heavy atom. The number of aliphatic imine (C=N–C) groups is 1. The highest BCUT2D eigenvalue weighted by atomic mass is 15.1. The second-order valence-corrected chi connectivity index (χ2v) is 5.25. The Balaban J connectivity index is 1.77. The van der Waals surface area contributed by atoms with E-state index in [0.29, 0.717) is 5.92 Å². The Bertz CT molecular complexity index is 436. The third-order valence-electron chi connectivity index (χ3n) is 4.24. The molecule has 1 aromatic carbocycles. The summed E-state index contributed by atoms with van der Waals surface area (Å²) in [4.78, 5) is 4.53. The van der Waals surface area contributed by atoms with Crippen molar-refractivity contribution in [2.24, 2.45) is 10.9 Å².